The second-order valence-electron chi connectivity index (χ2n) is 5.65. The average Bonchev–Trinajstić information content (AvgIpc) is 2.27. The summed E-state index contributed by atoms with van der Waals surface area (Å²) in [5.74, 6) is -0.960. The van der Waals surface area contributed by atoms with Gasteiger partial charge in [0.15, 0.2) is 0 Å². The van der Waals surface area contributed by atoms with Gasteiger partial charge in [-0.25, -0.2) is 0 Å². The first kappa shape index (κ1) is 16.3. The first-order chi connectivity index (χ1) is 8.79. The largest absolute Gasteiger partial charge is 0.393 e. The van der Waals surface area contributed by atoms with E-state index >= 15 is 0 Å². The molecule has 1 amide bonds. The first-order valence-corrected chi connectivity index (χ1v) is 6.84. The molecule has 1 fully saturated rings. The summed E-state index contributed by atoms with van der Waals surface area (Å²) in [5, 5.41) is 2.75. The van der Waals surface area contributed by atoms with Crippen molar-refractivity contribution in [3.63, 3.8) is 0 Å². The van der Waals surface area contributed by atoms with E-state index in [1.165, 1.54) is 0 Å². The van der Waals surface area contributed by atoms with Gasteiger partial charge in [0.05, 0.1) is 12.5 Å². The fraction of sp³-hybridized carbons (Fsp3) is 0.923. The summed E-state index contributed by atoms with van der Waals surface area (Å²) in [7, 11) is 0. The minimum Gasteiger partial charge on any atom is -0.355 e. The molecule has 1 N–H and O–H groups in total. The Morgan fingerprint density at radius 2 is 2.11 bits per heavy atom. The summed E-state index contributed by atoms with van der Waals surface area (Å²) in [6, 6.07) is 0. The number of halogens is 3. The van der Waals surface area contributed by atoms with Gasteiger partial charge in [-0.15, -0.1) is 0 Å². The van der Waals surface area contributed by atoms with Crippen molar-refractivity contribution in [1.29, 1.82) is 0 Å². The minimum absolute atomic E-state index is 0.0545. The fourth-order valence-corrected chi connectivity index (χ4v) is 2.23. The highest BCUT2D eigenvalue weighted by Gasteiger charge is 2.41. The maximum absolute atomic E-state index is 12.6. The molecule has 1 saturated heterocycles. The molecule has 1 heterocycles. The van der Waals surface area contributed by atoms with Crippen LogP contribution in [0.3, 0.4) is 0 Å². The van der Waals surface area contributed by atoms with Crippen molar-refractivity contribution in [2.24, 2.45) is 11.8 Å². The van der Waals surface area contributed by atoms with Crippen molar-refractivity contribution in [3.8, 4) is 0 Å². The third kappa shape index (κ3) is 6.27. The molecule has 19 heavy (non-hydrogen) atoms. The summed E-state index contributed by atoms with van der Waals surface area (Å²) in [6.07, 6.45) is -2.58. The van der Waals surface area contributed by atoms with Gasteiger partial charge in [0.25, 0.3) is 0 Å². The lowest BCUT2D eigenvalue weighted by Crippen LogP contribution is -2.46. The van der Waals surface area contributed by atoms with Crippen LogP contribution < -0.4 is 5.32 Å². The summed E-state index contributed by atoms with van der Waals surface area (Å²) in [6.45, 7) is 5.30. The zero-order valence-corrected chi connectivity index (χ0v) is 11.6. The third-order valence-electron chi connectivity index (χ3n) is 3.38. The number of nitrogens with one attached hydrogen (secondary N) is 1. The molecule has 0 aromatic rings. The fourth-order valence-electron chi connectivity index (χ4n) is 2.23. The molecular weight excluding hydrogens is 257 g/mol. The van der Waals surface area contributed by atoms with Crippen LogP contribution in [0.15, 0.2) is 0 Å². The van der Waals surface area contributed by atoms with E-state index in [2.05, 4.69) is 19.2 Å². The lowest BCUT2D eigenvalue weighted by atomic mass is 9.97. The molecule has 0 aromatic heterocycles. The summed E-state index contributed by atoms with van der Waals surface area (Å²) in [4.78, 5) is 13.2. The molecule has 0 radical (unpaired) electrons. The summed E-state index contributed by atoms with van der Waals surface area (Å²) < 4.78 is 37.8. The summed E-state index contributed by atoms with van der Waals surface area (Å²) in [5.41, 5.74) is 0. The molecule has 112 valence electrons. The Morgan fingerprint density at radius 3 is 2.68 bits per heavy atom. The molecule has 0 unspecified atom stereocenters. The Kier molecular flexibility index (Phi) is 6.10. The highest BCUT2D eigenvalue weighted by molar-refractivity contribution is 5.77. The molecule has 0 aromatic carbocycles. The number of carbonyl (C=O) groups excluding carboxylic acids is 1. The van der Waals surface area contributed by atoms with E-state index in [4.69, 9.17) is 0 Å². The van der Waals surface area contributed by atoms with Gasteiger partial charge in [-0.05, 0) is 31.7 Å². The van der Waals surface area contributed by atoms with Crippen molar-refractivity contribution in [2.75, 3.05) is 26.2 Å². The molecule has 0 saturated carbocycles. The van der Waals surface area contributed by atoms with E-state index < -0.39 is 12.1 Å². The third-order valence-corrected chi connectivity index (χ3v) is 3.38. The highest BCUT2D eigenvalue weighted by atomic mass is 19.4. The number of hydrogen-bond donors (Lipinski definition) is 1. The zero-order chi connectivity index (χ0) is 14.5. The van der Waals surface area contributed by atoms with Crippen LogP contribution in [0.5, 0.6) is 0 Å². The number of alkyl halides is 3. The van der Waals surface area contributed by atoms with Crippen LogP contribution in [-0.2, 0) is 4.79 Å². The molecule has 1 atom stereocenters. The molecule has 0 aliphatic carbocycles. The zero-order valence-electron chi connectivity index (χ0n) is 11.6. The van der Waals surface area contributed by atoms with Gasteiger partial charge in [-0.3, -0.25) is 9.69 Å². The van der Waals surface area contributed by atoms with E-state index in [-0.39, 0.29) is 25.4 Å². The maximum atomic E-state index is 12.6. The lowest BCUT2D eigenvalue weighted by Gasteiger charge is -2.33. The minimum atomic E-state index is -4.15. The van der Waals surface area contributed by atoms with Gasteiger partial charge in [-0.2, -0.15) is 13.2 Å². The molecule has 1 aliphatic heterocycles. The Hall–Kier alpha value is -0.780. The summed E-state index contributed by atoms with van der Waals surface area (Å²) >= 11 is 0. The van der Waals surface area contributed by atoms with E-state index in [0.717, 1.165) is 6.42 Å². The monoisotopic (exact) mass is 280 g/mol. The smallest absolute Gasteiger partial charge is 0.355 e. The van der Waals surface area contributed by atoms with Crippen molar-refractivity contribution in [3.05, 3.63) is 0 Å². The Balaban J connectivity index is 2.30. The predicted molar refractivity (Wildman–Crippen MR) is 67.7 cm³/mol. The number of carbonyl (C=O) groups is 1. The van der Waals surface area contributed by atoms with Crippen LogP contribution in [-0.4, -0.2) is 43.2 Å². The van der Waals surface area contributed by atoms with Crippen molar-refractivity contribution >= 4 is 5.91 Å². The lowest BCUT2D eigenvalue weighted by molar-refractivity contribution is -0.187. The van der Waals surface area contributed by atoms with E-state index in [0.29, 0.717) is 25.4 Å². The van der Waals surface area contributed by atoms with Gasteiger partial charge >= 0.3 is 6.18 Å². The number of amides is 1. The van der Waals surface area contributed by atoms with Crippen LogP contribution in [0.1, 0.15) is 33.1 Å². The van der Waals surface area contributed by atoms with E-state index in [1.54, 1.807) is 4.90 Å². The first-order valence-electron chi connectivity index (χ1n) is 6.84. The molecule has 0 bridgehead atoms. The molecule has 6 heteroatoms. The molecular formula is C13H23F3N2O. The maximum Gasteiger partial charge on any atom is 0.393 e. The van der Waals surface area contributed by atoms with E-state index in [1.807, 2.05) is 0 Å². The van der Waals surface area contributed by atoms with Gasteiger partial charge in [0.1, 0.15) is 0 Å². The Bertz CT molecular complexity index is 292. The standard InChI is InChI=1S/C13H23F3N2O/c1-10(2)5-6-17-12(19)9-18-7-3-4-11(8-18)13(14,15)16/h10-11H,3-9H2,1-2H3,(H,17,19)/t11-/m1/s1. The molecule has 3 nitrogen and oxygen atoms in total. The normalized spacial score (nSPS) is 21.7. The Morgan fingerprint density at radius 1 is 1.42 bits per heavy atom. The van der Waals surface area contributed by atoms with Crippen LogP contribution in [0, 0.1) is 11.8 Å². The van der Waals surface area contributed by atoms with Crippen LogP contribution in [0.25, 0.3) is 0 Å². The van der Waals surface area contributed by atoms with Gasteiger partial charge in [-0.1, -0.05) is 13.8 Å². The van der Waals surface area contributed by atoms with Crippen LogP contribution in [0.4, 0.5) is 13.2 Å². The molecule has 1 aliphatic rings. The van der Waals surface area contributed by atoms with Gasteiger partial charge in [0, 0.05) is 13.1 Å². The second-order valence-corrected chi connectivity index (χ2v) is 5.65. The molecule has 1 rings (SSSR count). The Labute approximate surface area is 112 Å². The topological polar surface area (TPSA) is 32.3 Å². The predicted octanol–water partition coefficient (Wildman–Crippen LogP) is 2.42. The van der Waals surface area contributed by atoms with Crippen molar-refractivity contribution < 1.29 is 18.0 Å². The average molecular weight is 280 g/mol. The number of nitrogens with zero attached hydrogens (tertiary/aromatic N) is 1. The van der Waals surface area contributed by atoms with Gasteiger partial charge < -0.3 is 5.32 Å². The number of hydrogen-bond acceptors (Lipinski definition) is 2. The van der Waals surface area contributed by atoms with Crippen LogP contribution >= 0.6 is 0 Å². The number of likely N-dealkylation sites (tertiary alicyclic amines) is 1. The quantitative estimate of drug-likeness (QED) is 0.839. The number of rotatable bonds is 5. The molecule has 0 spiro atoms. The highest BCUT2D eigenvalue weighted by Crippen LogP contribution is 2.32. The van der Waals surface area contributed by atoms with Crippen molar-refractivity contribution in [1.82, 2.24) is 10.2 Å². The van der Waals surface area contributed by atoms with Gasteiger partial charge in [0.2, 0.25) is 5.91 Å². The van der Waals surface area contributed by atoms with Crippen molar-refractivity contribution in [2.45, 2.75) is 39.3 Å². The number of piperidine rings is 1. The van der Waals surface area contributed by atoms with E-state index in [9.17, 15) is 18.0 Å². The second kappa shape index (κ2) is 7.12. The van der Waals surface area contributed by atoms with Crippen LogP contribution in [0.2, 0.25) is 0 Å². The SMILES string of the molecule is CC(C)CCNC(=O)CN1CCC[C@@H](C(F)(F)F)C1.